The van der Waals surface area contributed by atoms with Crippen LogP contribution in [0.5, 0.6) is 5.75 Å². The van der Waals surface area contributed by atoms with Gasteiger partial charge in [0, 0.05) is 11.8 Å². The second kappa shape index (κ2) is 5.58. The van der Waals surface area contributed by atoms with E-state index in [1.807, 2.05) is 6.92 Å². The molecule has 0 unspecified atom stereocenters. The van der Waals surface area contributed by atoms with Gasteiger partial charge in [0.25, 0.3) is 5.91 Å². The molecule has 2 heterocycles. The lowest BCUT2D eigenvalue weighted by atomic mass is 10.1. The Morgan fingerprint density at radius 3 is 2.58 bits per heavy atom. The van der Waals surface area contributed by atoms with Crippen molar-refractivity contribution >= 4 is 46.0 Å². The summed E-state index contributed by atoms with van der Waals surface area (Å²) in [6, 6.07) is 3.33. The lowest BCUT2D eigenvalue weighted by Crippen LogP contribution is -2.14. The van der Waals surface area contributed by atoms with Crippen LogP contribution in [0.25, 0.3) is 16.7 Å². The fraction of sp³-hybridized carbons (Fsp3) is 0.125. The lowest BCUT2D eigenvalue weighted by molar-refractivity contribution is 0.100. The van der Waals surface area contributed by atoms with Gasteiger partial charge in [-0.15, -0.1) is 0 Å². The Labute approximate surface area is 147 Å². The van der Waals surface area contributed by atoms with Gasteiger partial charge in [-0.3, -0.25) is 9.36 Å². The number of nitrogen functional groups attached to an aromatic ring is 1. The highest BCUT2D eigenvalue weighted by Crippen LogP contribution is 2.40. The van der Waals surface area contributed by atoms with Gasteiger partial charge in [-0.05, 0) is 25.5 Å². The van der Waals surface area contributed by atoms with Gasteiger partial charge < -0.3 is 16.6 Å². The zero-order valence-electron chi connectivity index (χ0n) is 12.9. The number of aromatic hydroxyl groups is 1. The van der Waals surface area contributed by atoms with E-state index in [1.165, 1.54) is 6.20 Å². The number of nitrogens with zero attached hydrogens (tertiary/aromatic N) is 2. The predicted octanol–water partition coefficient (Wildman–Crippen LogP) is 3.34. The first-order valence-electron chi connectivity index (χ1n) is 6.99. The largest absolute Gasteiger partial charge is 0.508 e. The average Bonchev–Trinajstić information content (AvgIpc) is 2.81. The predicted molar refractivity (Wildman–Crippen MR) is 95.2 cm³/mol. The number of halogens is 2. The van der Waals surface area contributed by atoms with Crippen LogP contribution in [0.1, 0.15) is 21.5 Å². The highest BCUT2D eigenvalue weighted by atomic mass is 35.5. The smallest absolute Gasteiger partial charge is 0.253 e. The van der Waals surface area contributed by atoms with Gasteiger partial charge in [0.05, 0.1) is 26.7 Å². The number of amides is 1. The number of carbonyl (C=O) groups excluding carboxylic acids is 1. The van der Waals surface area contributed by atoms with Crippen LogP contribution < -0.4 is 11.5 Å². The molecule has 8 heteroatoms. The minimum Gasteiger partial charge on any atom is -0.508 e. The van der Waals surface area contributed by atoms with Crippen LogP contribution in [0.15, 0.2) is 18.3 Å². The first kappa shape index (κ1) is 16.4. The number of carbonyl (C=O) groups is 1. The molecule has 6 nitrogen and oxygen atoms in total. The van der Waals surface area contributed by atoms with Gasteiger partial charge in [0.1, 0.15) is 17.2 Å². The molecule has 0 aliphatic carbocycles. The van der Waals surface area contributed by atoms with Gasteiger partial charge in [-0.25, -0.2) is 4.98 Å². The van der Waals surface area contributed by atoms with Gasteiger partial charge in [-0.2, -0.15) is 0 Å². The number of nitrogens with two attached hydrogens (primary N) is 2. The molecular weight excluding hydrogens is 351 g/mol. The summed E-state index contributed by atoms with van der Waals surface area (Å²) in [5.74, 6) is -0.554. The molecule has 3 rings (SSSR count). The zero-order chi connectivity index (χ0) is 17.8. The number of rotatable bonds is 2. The van der Waals surface area contributed by atoms with E-state index < -0.39 is 5.91 Å². The molecule has 0 radical (unpaired) electrons. The lowest BCUT2D eigenvalue weighted by Gasteiger charge is -2.15. The molecule has 0 atom stereocenters. The minimum atomic E-state index is -0.738. The molecule has 0 bridgehead atoms. The number of fused-ring (bicyclic) bond motifs is 1. The topological polar surface area (TPSA) is 107 Å². The monoisotopic (exact) mass is 364 g/mol. The molecule has 0 saturated carbocycles. The van der Waals surface area contributed by atoms with E-state index in [2.05, 4.69) is 4.98 Å². The average molecular weight is 365 g/mol. The summed E-state index contributed by atoms with van der Waals surface area (Å²) in [7, 11) is 0. The molecule has 0 saturated heterocycles. The summed E-state index contributed by atoms with van der Waals surface area (Å²) in [6.07, 6.45) is 1.38. The van der Waals surface area contributed by atoms with Crippen LogP contribution in [0.3, 0.4) is 0 Å². The van der Waals surface area contributed by atoms with Gasteiger partial charge >= 0.3 is 0 Å². The number of phenolic OH excluding ortho intramolecular Hbond substituents is 1. The second-order valence-electron chi connectivity index (χ2n) is 5.45. The van der Waals surface area contributed by atoms with Crippen molar-refractivity contribution < 1.29 is 9.90 Å². The van der Waals surface area contributed by atoms with Crippen LogP contribution in [-0.4, -0.2) is 20.6 Å². The molecule has 0 spiro atoms. The van der Waals surface area contributed by atoms with Crippen molar-refractivity contribution in [3.05, 3.63) is 45.1 Å². The zero-order valence-corrected chi connectivity index (χ0v) is 14.4. The number of aryl methyl sites for hydroxylation is 1. The standard InChI is InChI=1S/C16H14Cl2N4O2/c1-6-3-4-9(23)7(2)13(6)22-14(19)11(15(20)24)10-12(18)8(17)5-21-16(10)22/h3-5,23H,19H2,1-2H3,(H2,20,24). The number of hydrogen-bond donors (Lipinski definition) is 3. The van der Waals surface area contributed by atoms with E-state index in [-0.39, 0.29) is 32.6 Å². The number of primary amides is 1. The summed E-state index contributed by atoms with van der Waals surface area (Å²) in [5, 5.41) is 10.7. The van der Waals surface area contributed by atoms with E-state index in [1.54, 1.807) is 23.6 Å². The van der Waals surface area contributed by atoms with Crippen LogP contribution in [0.2, 0.25) is 10.0 Å². The third-order valence-corrected chi connectivity index (χ3v) is 4.76. The van der Waals surface area contributed by atoms with Crippen molar-refractivity contribution in [2.45, 2.75) is 13.8 Å². The van der Waals surface area contributed by atoms with Crippen molar-refractivity contribution in [2.24, 2.45) is 5.73 Å². The van der Waals surface area contributed by atoms with E-state index >= 15 is 0 Å². The van der Waals surface area contributed by atoms with Crippen molar-refractivity contribution in [1.82, 2.24) is 9.55 Å². The molecule has 2 aromatic heterocycles. The Kier molecular flexibility index (Phi) is 3.81. The molecule has 124 valence electrons. The highest BCUT2D eigenvalue weighted by Gasteiger charge is 2.26. The Bertz CT molecular complexity index is 1010. The van der Waals surface area contributed by atoms with Crippen molar-refractivity contribution in [3.63, 3.8) is 0 Å². The second-order valence-corrected chi connectivity index (χ2v) is 6.24. The van der Waals surface area contributed by atoms with Crippen LogP contribution in [0, 0.1) is 13.8 Å². The third-order valence-electron chi connectivity index (χ3n) is 3.99. The van der Waals surface area contributed by atoms with Gasteiger partial charge in [0.15, 0.2) is 0 Å². The molecule has 0 aliphatic rings. The Morgan fingerprint density at radius 2 is 1.96 bits per heavy atom. The summed E-state index contributed by atoms with van der Waals surface area (Å²) in [5.41, 5.74) is 14.1. The maximum atomic E-state index is 11.9. The summed E-state index contributed by atoms with van der Waals surface area (Å²) in [6.45, 7) is 3.60. The molecule has 1 aromatic carbocycles. The minimum absolute atomic E-state index is 0.0483. The van der Waals surface area contributed by atoms with E-state index in [0.717, 1.165) is 5.56 Å². The molecular formula is C16H14Cl2N4O2. The number of hydrogen-bond acceptors (Lipinski definition) is 4. The van der Waals surface area contributed by atoms with Crippen LogP contribution in [-0.2, 0) is 0 Å². The molecule has 3 aromatic rings. The first-order chi connectivity index (χ1) is 11.3. The van der Waals surface area contributed by atoms with Crippen LogP contribution >= 0.6 is 23.2 Å². The quantitative estimate of drug-likeness (QED) is 0.647. The molecule has 0 fully saturated rings. The Morgan fingerprint density at radius 1 is 1.29 bits per heavy atom. The highest BCUT2D eigenvalue weighted by molar-refractivity contribution is 6.46. The Balaban J connectivity index is 2.57. The number of benzene rings is 1. The molecule has 24 heavy (non-hydrogen) atoms. The summed E-state index contributed by atoms with van der Waals surface area (Å²) >= 11 is 12.3. The SMILES string of the molecule is Cc1ccc(O)c(C)c1-n1c(N)c(C(N)=O)c2c(Cl)c(Cl)cnc21. The van der Waals surface area contributed by atoms with Crippen molar-refractivity contribution in [2.75, 3.05) is 5.73 Å². The fourth-order valence-electron chi connectivity index (χ4n) is 2.85. The first-order valence-corrected chi connectivity index (χ1v) is 7.74. The van der Waals surface area contributed by atoms with Crippen LogP contribution in [0.4, 0.5) is 5.82 Å². The van der Waals surface area contributed by atoms with Gasteiger partial charge in [-0.1, -0.05) is 29.3 Å². The number of pyridine rings is 1. The normalized spacial score (nSPS) is 11.2. The Hall–Kier alpha value is -2.44. The summed E-state index contributed by atoms with van der Waals surface area (Å²) in [4.78, 5) is 16.2. The number of anilines is 1. The maximum Gasteiger partial charge on any atom is 0.253 e. The summed E-state index contributed by atoms with van der Waals surface area (Å²) < 4.78 is 1.56. The van der Waals surface area contributed by atoms with E-state index in [0.29, 0.717) is 16.9 Å². The van der Waals surface area contributed by atoms with Crippen molar-refractivity contribution in [1.29, 1.82) is 0 Å². The van der Waals surface area contributed by atoms with E-state index in [9.17, 15) is 9.90 Å². The fourth-order valence-corrected chi connectivity index (χ4v) is 3.22. The molecule has 5 N–H and O–H groups in total. The third kappa shape index (κ3) is 2.18. The maximum absolute atomic E-state index is 11.9. The molecule has 0 aliphatic heterocycles. The van der Waals surface area contributed by atoms with E-state index in [4.69, 9.17) is 34.7 Å². The molecule has 1 amide bonds. The number of aromatic nitrogens is 2. The number of phenols is 1. The van der Waals surface area contributed by atoms with Gasteiger partial charge in [0.2, 0.25) is 0 Å². The van der Waals surface area contributed by atoms with Crippen molar-refractivity contribution in [3.8, 4) is 11.4 Å².